The molecule has 24 heavy (non-hydrogen) atoms. The smallest absolute Gasteiger partial charge is 0.321 e. The predicted octanol–water partition coefficient (Wildman–Crippen LogP) is 2.02. The first-order valence-corrected chi connectivity index (χ1v) is 9.15. The summed E-state index contributed by atoms with van der Waals surface area (Å²) >= 11 is 0. The van der Waals surface area contributed by atoms with Gasteiger partial charge in [0.25, 0.3) is 0 Å². The molecule has 1 rings (SSSR count). The van der Waals surface area contributed by atoms with E-state index in [2.05, 4.69) is 10.0 Å². The zero-order valence-electron chi connectivity index (χ0n) is 13.9. The standard InChI is InChI=1S/C15H23N3O5S/c1-4-8-24(22,23)17-13-7-5-6-12(9-13)16-15(21)18(3)10-11(2)14(19)20/h5-7,9,11,17H,4,8,10H2,1-3H3,(H,16,21)(H,19,20). The fourth-order valence-corrected chi connectivity index (χ4v) is 3.08. The Morgan fingerprint density at radius 3 is 2.50 bits per heavy atom. The van der Waals surface area contributed by atoms with Crippen LogP contribution in [0, 0.1) is 5.92 Å². The van der Waals surface area contributed by atoms with Crippen LogP contribution in [0.15, 0.2) is 24.3 Å². The second-order valence-electron chi connectivity index (χ2n) is 5.55. The van der Waals surface area contributed by atoms with Gasteiger partial charge in [0.1, 0.15) is 0 Å². The molecule has 0 saturated heterocycles. The fourth-order valence-electron chi connectivity index (χ4n) is 1.95. The van der Waals surface area contributed by atoms with Gasteiger partial charge >= 0.3 is 12.0 Å². The number of carboxylic acid groups (broad SMARTS) is 1. The second kappa shape index (κ2) is 8.53. The lowest BCUT2D eigenvalue weighted by Crippen LogP contribution is -2.36. The topological polar surface area (TPSA) is 116 Å². The molecule has 0 fully saturated rings. The summed E-state index contributed by atoms with van der Waals surface area (Å²) in [6.45, 7) is 3.34. The van der Waals surface area contributed by atoms with E-state index in [0.717, 1.165) is 0 Å². The maximum absolute atomic E-state index is 12.1. The number of hydrogen-bond donors (Lipinski definition) is 3. The van der Waals surface area contributed by atoms with Crippen molar-refractivity contribution in [2.45, 2.75) is 20.3 Å². The van der Waals surface area contributed by atoms with Crippen LogP contribution in [0.25, 0.3) is 0 Å². The lowest BCUT2D eigenvalue weighted by atomic mass is 10.2. The average molecular weight is 357 g/mol. The highest BCUT2D eigenvalue weighted by molar-refractivity contribution is 7.92. The molecule has 0 aliphatic heterocycles. The van der Waals surface area contributed by atoms with E-state index < -0.39 is 27.9 Å². The highest BCUT2D eigenvalue weighted by atomic mass is 32.2. The quantitative estimate of drug-likeness (QED) is 0.658. The van der Waals surface area contributed by atoms with Crippen molar-refractivity contribution in [3.05, 3.63) is 24.3 Å². The molecule has 9 heteroatoms. The van der Waals surface area contributed by atoms with Gasteiger partial charge < -0.3 is 15.3 Å². The van der Waals surface area contributed by atoms with Crippen LogP contribution in [0.4, 0.5) is 16.2 Å². The number of aliphatic carboxylic acids is 1. The average Bonchev–Trinajstić information content (AvgIpc) is 2.46. The van der Waals surface area contributed by atoms with E-state index in [4.69, 9.17) is 5.11 Å². The van der Waals surface area contributed by atoms with Gasteiger partial charge in [-0.2, -0.15) is 0 Å². The Labute approximate surface area is 141 Å². The van der Waals surface area contributed by atoms with Crippen LogP contribution in [0.1, 0.15) is 20.3 Å². The van der Waals surface area contributed by atoms with Crippen molar-refractivity contribution in [2.24, 2.45) is 5.92 Å². The highest BCUT2D eigenvalue weighted by Crippen LogP contribution is 2.17. The molecular formula is C15H23N3O5S. The molecule has 3 N–H and O–H groups in total. The molecule has 0 aliphatic rings. The zero-order valence-corrected chi connectivity index (χ0v) is 14.8. The number of nitrogens with one attached hydrogen (secondary N) is 2. The SMILES string of the molecule is CCCS(=O)(=O)Nc1cccc(NC(=O)N(C)CC(C)C(=O)O)c1. The maximum atomic E-state index is 12.1. The molecule has 1 aromatic carbocycles. The molecule has 1 aromatic rings. The summed E-state index contributed by atoms with van der Waals surface area (Å²) in [7, 11) is -1.92. The number of carbonyl (C=O) groups is 2. The molecule has 8 nitrogen and oxygen atoms in total. The fraction of sp³-hybridized carbons (Fsp3) is 0.467. The number of anilines is 2. The number of benzene rings is 1. The van der Waals surface area contributed by atoms with Crippen LogP contribution in [-0.4, -0.2) is 49.8 Å². The first kappa shape index (κ1) is 19.8. The summed E-state index contributed by atoms with van der Waals surface area (Å²) in [6.07, 6.45) is 0.498. The summed E-state index contributed by atoms with van der Waals surface area (Å²) in [5.74, 6) is -1.66. The van der Waals surface area contributed by atoms with Crippen molar-refractivity contribution >= 4 is 33.4 Å². The molecule has 0 aliphatic carbocycles. The third kappa shape index (κ3) is 6.45. The summed E-state index contributed by atoms with van der Waals surface area (Å²) < 4.78 is 26.0. The first-order valence-electron chi connectivity index (χ1n) is 7.50. The number of sulfonamides is 1. The van der Waals surface area contributed by atoms with Gasteiger partial charge in [0.05, 0.1) is 17.4 Å². The molecule has 134 valence electrons. The molecule has 0 heterocycles. The zero-order chi connectivity index (χ0) is 18.3. The van der Waals surface area contributed by atoms with E-state index in [0.29, 0.717) is 17.8 Å². The van der Waals surface area contributed by atoms with Crippen molar-refractivity contribution in [3.63, 3.8) is 0 Å². The van der Waals surface area contributed by atoms with Crippen molar-refractivity contribution in [1.82, 2.24) is 4.90 Å². The van der Waals surface area contributed by atoms with Gasteiger partial charge in [-0.1, -0.05) is 19.9 Å². The Morgan fingerprint density at radius 1 is 1.29 bits per heavy atom. The predicted molar refractivity (Wildman–Crippen MR) is 92.6 cm³/mol. The minimum absolute atomic E-state index is 0.0133. The van der Waals surface area contributed by atoms with Crippen molar-refractivity contribution in [3.8, 4) is 0 Å². The number of urea groups is 1. The van der Waals surface area contributed by atoms with Crippen LogP contribution in [0.5, 0.6) is 0 Å². The summed E-state index contributed by atoms with van der Waals surface area (Å²) in [4.78, 5) is 24.1. The highest BCUT2D eigenvalue weighted by Gasteiger charge is 2.17. The van der Waals surface area contributed by atoms with Gasteiger partial charge in [-0.15, -0.1) is 0 Å². The van der Waals surface area contributed by atoms with E-state index in [1.807, 2.05) is 0 Å². The van der Waals surface area contributed by atoms with Crippen LogP contribution >= 0.6 is 0 Å². The molecule has 1 unspecified atom stereocenters. The first-order chi connectivity index (χ1) is 11.1. The summed E-state index contributed by atoms with van der Waals surface area (Å²) in [5.41, 5.74) is 0.759. The monoisotopic (exact) mass is 357 g/mol. The Balaban J connectivity index is 2.73. The Hall–Kier alpha value is -2.29. The van der Waals surface area contributed by atoms with Gasteiger partial charge in [-0.3, -0.25) is 9.52 Å². The summed E-state index contributed by atoms with van der Waals surface area (Å²) in [6, 6.07) is 5.83. The van der Waals surface area contributed by atoms with Gasteiger partial charge in [0, 0.05) is 19.3 Å². The van der Waals surface area contributed by atoms with E-state index in [-0.39, 0.29) is 12.3 Å². The molecule has 1 atom stereocenters. The molecule has 2 amide bonds. The molecule has 0 radical (unpaired) electrons. The van der Waals surface area contributed by atoms with Crippen LogP contribution in [0.2, 0.25) is 0 Å². The Kier molecular flexibility index (Phi) is 7.02. The number of rotatable bonds is 8. The molecule has 0 aromatic heterocycles. The molecule has 0 spiro atoms. The van der Waals surface area contributed by atoms with E-state index in [1.54, 1.807) is 25.1 Å². The largest absolute Gasteiger partial charge is 0.481 e. The van der Waals surface area contributed by atoms with Crippen LogP contribution in [-0.2, 0) is 14.8 Å². The maximum Gasteiger partial charge on any atom is 0.321 e. The number of carboxylic acids is 1. The molecular weight excluding hydrogens is 334 g/mol. The van der Waals surface area contributed by atoms with Crippen molar-refractivity contribution in [1.29, 1.82) is 0 Å². The van der Waals surface area contributed by atoms with Gasteiger partial charge in [-0.05, 0) is 24.6 Å². The third-order valence-electron chi connectivity index (χ3n) is 3.18. The minimum atomic E-state index is -3.41. The van der Waals surface area contributed by atoms with Crippen molar-refractivity contribution < 1.29 is 23.1 Å². The molecule has 0 saturated carbocycles. The number of amides is 2. The van der Waals surface area contributed by atoms with Gasteiger partial charge in [0.2, 0.25) is 10.0 Å². The van der Waals surface area contributed by atoms with E-state index in [1.165, 1.54) is 24.9 Å². The van der Waals surface area contributed by atoms with Gasteiger partial charge in [-0.25, -0.2) is 13.2 Å². The minimum Gasteiger partial charge on any atom is -0.481 e. The summed E-state index contributed by atoms with van der Waals surface area (Å²) in [5, 5.41) is 11.5. The van der Waals surface area contributed by atoms with Crippen LogP contribution in [0.3, 0.4) is 0 Å². The number of hydrogen-bond acceptors (Lipinski definition) is 4. The Morgan fingerprint density at radius 2 is 1.92 bits per heavy atom. The number of nitrogens with zero attached hydrogens (tertiary/aromatic N) is 1. The van der Waals surface area contributed by atoms with E-state index >= 15 is 0 Å². The van der Waals surface area contributed by atoms with Gasteiger partial charge in [0.15, 0.2) is 0 Å². The second-order valence-corrected chi connectivity index (χ2v) is 7.39. The third-order valence-corrected chi connectivity index (χ3v) is 4.67. The van der Waals surface area contributed by atoms with E-state index in [9.17, 15) is 18.0 Å². The lowest BCUT2D eigenvalue weighted by molar-refractivity contribution is -0.141. The normalized spacial score (nSPS) is 12.3. The lowest BCUT2D eigenvalue weighted by Gasteiger charge is -2.20. The Bertz CT molecular complexity index is 690. The van der Waals surface area contributed by atoms with Crippen LogP contribution < -0.4 is 10.0 Å². The van der Waals surface area contributed by atoms with Crippen molar-refractivity contribution in [2.75, 3.05) is 29.4 Å². The number of carbonyl (C=O) groups excluding carboxylic acids is 1. The molecule has 0 bridgehead atoms.